The molecule has 0 spiro atoms. The van der Waals surface area contributed by atoms with Gasteiger partial charge in [0, 0.05) is 37.0 Å². The summed E-state index contributed by atoms with van der Waals surface area (Å²) in [4.78, 5) is 89.0. The summed E-state index contributed by atoms with van der Waals surface area (Å²) in [7, 11) is -5.34. The van der Waals surface area contributed by atoms with E-state index >= 15 is 0 Å². The van der Waals surface area contributed by atoms with Crippen LogP contribution in [0.1, 0.15) is 45.1 Å². The molecule has 13 atom stereocenters. The molecule has 0 radical (unpaired) electrons. The quantitative estimate of drug-likeness (QED) is 0.0346. The van der Waals surface area contributed by atoms with Crippen molar-refractivity contribution in [1.29, 1.82) is 0 Å². The van der Waals surface area contributed by atoms with Crippen LogP contribution in [-0.4, -0.2) is 172 Å². The number of hydrogen-bond donors (Lipinski definition) is 14. The number of nitrogens with two attached hydrogens (primary N) is 1. The van der Waals surface area contributed by atoms with Gasteiger partial charge in [0.25, 0.3) is 11.5 Å². The minimum absolute atomic E-state index is 0.0147. The zero-order valence-electron chi connectivity index (χ0n) is 34.2. The van der Waals surface area contributed by atoms with Crippen LogP contribution in [0.25, 0.3) is 0 Å². The second-order valence-electron chi connectivity index (χ2n) is 15.0. The maximum atomic E-state index is 12.8. The minimum atomic E-state index is -5.34. The van der Waals surface area contributed by atoms with Crippen LogP contribution >= 0.6 is 7.82 Å². The van der Waals surface area contributed by atoms with E-state index in [0.717, 1.165) is 0 Å². The van der Waals surface area contributed by atoms with E-state index in [4.69, 9.17) is 34.5 Å². The number of phosphoric acid groups is 1. The third-order valence-corrected chi connectivity index (χ3v) is 11.2. The Morgan fingerprint density at radius 3 is 2.28 bits per heavy atom. The number of hydrogen-bond acceptors (Lipinski definition) is 20. The standard InChI is InChI=1S/C36H52N7O20P/c1-15(26-16(2)39-31-27(43(26)14-44)33(55)42-36(37)41-31)38-18-5-3-17(4-6-18)11-20(45)28(51)21(46)12-60-35-30(53)29(52)23(62-35)13-61-64(58,59)63-22(8-10-25(49)50)32(54)40-19(34(56)57)7-9-24(47)48/h3-6,14-16,19-23,26,28-30,35,38,45-46,51-53H,7-13H2,1-2H3,(H,40,54)(H,47,48)(H,49,50)(H,56,57)(H,58,59)(H4,37,39,41,42,55)/t15-,16+,19+,20+,21-,22+,23-,26+,28+,29-,30-,35+/m1/s1. The van der Waals surface area contributed by atoms with Gasteiger partial charge in [-0.2, -0.15) is 4.98 Å². The lowest BCUT2D eigenvalue weighted by Crippen LogP contribution is -2.58. The van der Waals surface area contributed by atoms with Crippen LogP contribution in [0, 0.1) is 0 Å². The number of aliphatic hydroxyl groups excluding tert-OH is 5. The lowest BCUT2D eigenvalue weighted by molar-refractivity contribution is -0.192. The van der Waals surface area contributed by atoms with Gasteiger partial charge in [-0.1, -0.05) is 12.1 Å². The number of nitrogens with zero attached hydrogens (tertiary/aromatic N) is 2. The number of rotatable bonds is 25. The first-order valence-electron chi connectivity index (χ1n) is 19.6. The number of carbonyl (C=O) groups is 5. The van der Waals surface area contributed by atoms with E-state index in [1.807, 2.05) is 12.2 Å². The van der Waals surface area contributed by atoms with E-state index in [9.17, 15) is 68.9 Å². The number of phosphoric ester groups is 1. The summed E-state index contributed by atoms with van der Waals surface area (Å²) in [6, 6.07) is 3.50. The Balaban J connectivity index is 1.26. The molecule has 27 nitrogen and oxygen atoms in total. The summed E-state index contributed by atoms with van der Waals surface area (Å²) in [5, 5.41) is 88.3. The number of amides is 2. The van der Waals surface area contributed by atoms with Crippen molar-refractivity contribution in [3.05, 3.63) is 40.2 Å². The first-order valence-corrected chi connectivity index (χ1v) is 21.1. The SMILES string of the molecule is C[C@@H]1Nc2nc(N)[nH]c(=O)c2N(C=O)[C@H]1[C@@H](C)Nc1ccc(C[C@H](O)[C@H](O)[C@H](O)CO[C@H]2O[C@H](COP(=O)(O)O[C@@H](CCC(=O)O)C(=O)N[C@@H](CCC(=O)O)C(=O)O)[C@@H](O)[C@H]2O)cc1. The van der Waals surface area contributed by atoms with Crippen molar-refractivity contribution in [1.82, 2.24) is 15.3 Å². The third-order valence-electron chi connectivity index (χ3n) is 10.2. The summed E-state index contributed by atoms with van der Waals surface area (Å²) in [5.41, 5.74) is 6.21. The predicted octanol–water partition coefficient (Wildman–Crippen LogP) is -3.11. The molecule has 28 heteroatoms. The summed E-state index contributed by atoms with van der Waals surface area (Å²) >= 11 is 0. The Labute approximate surface area is 362 Å². The van der Waals surface area contributed by atoms with E-state index in [1.165, 1.54) is 4.90 Å². The molecule has 3 heterocycles. The van der Waals surface area contributed by atoms with E-state index in [2.05, 4.69) is 20.6 Å². The summed E-state index contributed by atoms with van der Waals surface area (Å²) in [5.74, 6) is -5.83. The van der Waals surface area contributed by atoms with Gasteiger partial charge in [0.2, 0.25) is 12.4 Å². The molecule has 1 unspecified atom stereocenters. The third kappa shape index (κ3) is 13.8. The van der Waals surface area contributed by atoms with Gasteiger partial charge in [0.15, 0.2) is 17.8 Å². The van der Waals surface area contributed by atoms with Gasteiger partial charge in [-0.3, -0.25) is 42.9 Å². The monoisotopic (exact) mass is 933 g/mol. The molecule has 0 bridgehead atoms. The Hall–Kier alpha value is -5.32. The van der Waals surface area contributed by atoms with Gasteiger partial charge >= 0.3 is 25.7 Å². The fourth-order valence-electron chi connectivity index (χ4n) is 6.93. The first kappa shape index (κ1) is 51.3. The molecular weight excluding hydrogens is 881 g/mol. The number of nitrogens with one attached hydrogen (secondary N) is 4. The van der Waals surface area contributed by atoms with Crippen LogP contribution in [0.5, 0.6) is 0 Å². The number of benzene rings is 1. The number of H-pyrrole nitrogens is 1. The highest BCUT2D eigenvalue weighted by Gasteiger charge is 2.46. The molecule has 2 amide bonds. The topological polar surface area (TPSA) is 433 Å². The molecule has 64 heavy (non-hydrogen) atoms. The highest BCUT2D eigenvalue weighted by Crippen LogP contribution is 2.46. The van der Waals surface area contributed by atoms with Crippen molar-refractivity contribution in [2.24, 2.45) is 0 Å². The maximum Gasteiger partial charge on any atom is 0.473 e. The van der Waals surface area contributed by atoms with Gasteiger partial charge in [0.1, 0.15) is 42.7 Å². The molecule has 2 aromatic rings. The molecule has 4 rings (SSSR count). The van der Waals surface area contributed by atoms with Crippen molar-refractivity contribution in [2.75, 3.05) is 34.5 Å². The van der Waals surface area contributed by atoms with Crippen LogP contribution in [0.4, 0.5) is 23.1 Å². The fourth-order valence-corrected chi connectivity index (χ4v) is 7.85. The van der Waals surface area contributed by atoms with Crippen molar-refractivity contribution in [3.8, 4) is 0 Å². The van der Waals surface area contributed by atoms with Crippen LogP contribution in [-0.2, 0) is 53.5 Å². The van der Waals surface area contributed by atoms with Gasteiger partial charge in [-0.05, 0) is 44.4 Å². The molecule has 1 saturated heterocycles. The average Bonchev–Trinajstić information content (AvgIpc) is 3.49. The maximum absolute atomic E-state index is 12.8. The molecule has 356 valence electrons. The van der Waals surface area contributed by atoms with Crippen LogP contribution in [0.2, 0.25) is 0 Å². The number of carboxylic acid groups (broad SMARTS) is 3. The number of carboxylic acids is 3. The van der Waals surface area contributed by atoms with Crippen LogP contribution in [0.15, 0.2) is 29.1 Å². The second kappa shape index (κ2) is 22.5. The van der Waals surface area contributed by atoms with Gasteiger partial charge in [0.05, 0.1) is 25.4 Å². The molecule has 2 aliphatic rings. The van der Waals surface area contributed by atoms with Crippen molar-refractivity contribution in [3.63, 3.8) is 0 Å². The predicted molar refractivity (Wildman–Crippen MR) is 217 cm³/mol. The van der Waals surface area contributed by atoms with Crippen molar-refractivity contribution >= 4 is 61.2 Å². The molecule has 1 fully saturated rings. The zero-order chi connectivity index (χ0) is 47.6. The van der Waals surface area contributed by atoms with E-state index in [0.29, 0.717) is 17.7 Å². The Morgan fingerprint density at radius 1 is 1.03 bits per heavy atom. The highest BCUT2D eigenvalue weighted by molar-refractivity contribution is 7.47. The molecule has 1 aromatic heterocycles. The molecule has 0 aliphatic carbocycles. The molecule has 0 saturated carbocycles. The minimum Gasteiger partial charge on any atom is -0.481 e. The molecule has 15 N–H and O–H groups in total. The number of nitrogen functional groups attached to an aromatic ring is 1. The normalized spacial score (nSPS) is 24.4. The number of aromatic amines is 1. The van der Waals surface area contributed by atoms with Crippen LogP contribution in [0.3, 0.4) is 0 Å². The van der Waals surface area contributed by atoms with E-state index < -0.39 is 143 Å². The smallest absolute Gasteiger partial charge is 0.473 e. The van der Waals surface area contributed by atoms with Gasteiger partial charge < -0.3 is 76.9 Å². The fraction of sp³-hybridized carbons (Fsp3) is 0.583. The summed E-state index contributed by atoms with van der Waals surface area (Å²) in [6.45, 7) is 1.84. The molecular formula is C36H52N7O20P. The van der Waals surface area contributed by atoms with E-state index in [1.54, 1.807) is 31.2 Å². The number of fused-ring (bicyclic) bond motifs is 1. The Bertz CT molecular complexity index is 2060. The average molecular weight is 934 g/mol. The lowest BCUT2D eigenvalue weighted by Gasteiger charge is -2.42. The summed E-state index contributed by atoms with van der Waals surface area (Å²) < 4.78 is 33.0. The van der Waals surface area contributed by atoms with Gasteiger partial charge in [-0.25, -0.2) is 9.36 Å². The Morgan fingerprint density at radius 2 is 1.67 bits per heavy atom. The number of anilines is 4. The van der Waals surface area contributed by atoms with Crippen molar-refractivity contribution < 1.29 is 92.8 Å². The number of aliphatic carboxylic acids is 3. The van der Waals surface area contributed by atoms with Gasteiger partial charge in [-0.15, -0.1) is 0 Å². The molecule has 1 aromatic carbocycles. The largest absolute Gasteiger partial charge is 0.481 e. The van der Waals surface area contributed by atoms with Crippen molar-refractivity contribution in [2.45, 2.75) is 119 Å². The Kier molecular flexibility index (Phi) is 18.1. The molecule has 2 aliphatic heterocycles. The lowest BCUT2D eigenvalue weighted by atomic mass is 9.97. The van der Waals surface area contributed by atoms with Crippen LogP contribution < -0.4 is 32.1 Å². The second-order valence-corrected chi connectivity index (χ2v) is 16.4. The van der Waals surface area contributed by atoms with E-state index in [-0.39, 0.29) is 29.9 Å². The zero-order valence-corrected chi connectivity index (χ0v) is 35.1. The number of aromatic nitrogens is 2. The summed E-state index contributed by atoms with van der Waals surface area (Å²) in [6.07, 6.45) is -16.7. The number of carbonyl (C=O) groups excluding carboxylic acids is 2. The highest BCUT2D eigenvalue weighted by atomic mass is 31.2. The number of aliphatic hydroxyl groups is 5. The number of ether oxygens (including phenoxy) is 2. The first-order chi connectivity index (χ1) is 30.0.